The summed E-state index contributed by atoms with van der Waals surface area (Å²) in [6, 6.07) is 16.0. The predicted molar refractivity (Wildman–Crippen MR) is 188 cm³/mol. The van der Waals surface area contributed by atoms with Gasteiger partial charge in [0.1, 0.15) is 76.2 Å². The zero-order valence-corrected chi connectivity index (χ0v) is 28.8. The first-order chi connectivity index (χ1) is 26.7. The van der Waals surface area contributed by atoms with Crippen LogP contribution < -0.4 is 16.0 Å². The molecule has 0 aliphatic carbocycles. The molecule has 4 aromatic carbocycles. The third kappa shape index (κ3) is 9.25. The Labute approximate surface area is 312 Å². The van der Waals surface area contributed by atoms with E-state index in [4.69, 9.17) is 10.5 Å². The number of para-hydroxylation sites is 2. The number of primary amides is 1. The Morgan fingerprint density at radius 1 is 0.679 bits per heavy atom. The number of hydrogen-bond donors (Lipinski definition) is 3. The number of aliphatic hydroxyl groups excluding tert-OH is 1. The Morgan fingerprint density at radius 3 is 1.70 bits per heavy atom. The molecule has 6 aromatic rings. The minimum absolute atomic E-state index is 0.0388. The van der Waals surface area contributed by atoms with Gasteiger partial charge in [-0.15, -0.1) is 0 Å². The number of aliphatic hydroxyl groups is 1. The van der Waals surface area contributed by atoms with Crippen molar-refractivity contribution in [1.29, 1.82) is 0 Å². The van der Waals surface area contributed by atoms with Gasteiger partial charge in [-0.25, -0.2) is 54.8 Å². The summed E-state index contributed by atoms with van der Waals surface area (Å²) >= 11 is 0. The molecule has 0 radical (unpaired) electrons. The number of nitrogens with two attached hydrogens (primary N) is 1. The number of amides is 2. The molecule has 9 nitrogen and oxygen atoms in total. The van der Waals surface area contributed by atoms with E-state index in [0.29, 0.717) is 17.0 Å². The van der Waals surface area contributed by atoms with Gasteiger partial charge in [-0.3, -0.25) is 4.79 Å². The molecule has 0 aliphatic heterocycles. The van der Waals surface area contributed by atoms with Crippen LogP contribution in [0, 0.1) is 46.5 Å². The van der Waals surface area contributed by atoms with Crippen molar-refractivity contribution < 1.29 is 54.6 Å². The van der Waals surface area contributed by atoms with Gasteiger partial charge in [0.2, 0.25) is 0 Å². The van der Waals surface area contributed by atoms with E-state index in [1.165, 1.54) is 36.4 Å². The lowest BCUT2D eigenvalue weighted by Gasteiger charge is -2.22. The highest BCUT2D eigenvalue weighted by molar-refractivity contribution is 5.98. The van der Waals surface area contributed by atoms with Crippen LogP contribution in [0.4, 0.5) is 62.9 Å². The number of benzene rings is 4. The molecule has 0 aliphatic rings. The molecule has 0 unspecified atom stereocenters. The Kier molecular flexibility index (Phi) is 12.6. The SMILES string of the molecule is CC(=O)OCc1ccc(N(C(N)=O)c2c(F)cccc2F)nc1-c1ccc(F)cc1F.OCc1ccc(Nc2c(F)cccc2F)nc1-c1ccc(F)cc1F. The quantitative estimate of drug-likeness (QED) is 0.0986. The number of halogens is 8. The maximum Gasteiger partial charge on any atom is 0.325 e. The van der Waals surface area contributed by atoms with Gasteiger partial charge in [-0.2, -0.15) is 0 Å². The van der Waals surface area contributed by atoms with E-state index in [0.717, 1.165) is 55.5 Å². The molecule has 0 spiro atoms. The summed E-state index contributed by atoms with van der Waals surface area (Å²) in [6.45, 7) is 0.405. The molecule has 2 heterocycles. The number of nitrogens with one attached hydrogen (secondary N) is 1. The van der Waals surface area contributed by atoms with Crippen molar-refractivity contribution in [1.82, 2.24) is 9.97 Å². The second-order valence-electron chi connectivity index (χ2n) is 11.5. The monoisotopic (exact) mass is 781 g/mol. The number of anilines is 4. The Bertz CT molecular complexity index is 2390. The minimum atomic E-state index is -1.25. The normalized spacial score (nSPS) is 10.7. The number of carbonyl (C=O) groups is 2. The van der Waals surface area contributed by atoms with Gasteiger partial charge in [0.15, 0.2) is 0 Å². The standard InChI is InChI=1S/C21H15F4N3O3.C18H12F4N2O/c1-11(29)31-10-12-5-8-18(27-19(12)14-7-6-13(22)9-17(14)25)28(21(26)30)20-15(23)3-2-4-16(20)24;19-11-5-6-12(15(22)8-11)17-10(9-25)4-7-16(23-17)24-18-13(20)2-1-3-14(18)21/h2-9H,10H2,1H3,(H2,26,30);1-8,25H,9H2,(H,23,24). The van der Waals surface area contributed by atoms with E-state index in [2.05, 4.69) is 15.3 Å². The fourth-order valence-electron chi connectivity index (χ4n) is 5.20. The second kappa shape index (κ2) is 17.5. The van der Waals surface area contributed by atoms with Gasteiger partial charge in [0.25, 0.3) is 0 Å². The molecule has 2 amide bonds. The van der Waals surface area contributed by atoms with Gasteiger partial charge >= 0.3 is 12.0 Å². The van der Waals surface area contributed by atoms with Crippen molar-refractivity contribution in [2.45, 2.75) is 20.1 Å². The van der Waals surface area contributed by atoms with Crippen molar-refractivity contribution in [3.8, 4) is 22.5 Å². The van der Waals surface area contributed by atoms with Crippen LogP contribution >= 0.6 is 0 Å². The Balaban J connectivity index is 0.000000219. The summed E-state index contributed by atoms with van der Waals surface area (Å²) in [5.41, 5.74) is 4.31. The van der Waals surface area contributed by atoms with Crippen LogP contribution in [-0.2, 0) is 22.7 Å². The van der Waals surface area contributed by atoms with Crippen LogP contribution in [0.2, 0.25) is 0 Å². The van der Waals surface area contributed by atoms with Crippen molar-refractivity contribution in [2.24, 2.45) is 5.73 Å². The number of urea groups is 1. The second-order valence-corrected chi connectivity index (χ2v) is 11.5. The average molecular weight is 782 g/mol. The number of esters is 1. The van der Waals surface area contributed by atoms with Crippen LogP contribution in [0.3, 0.4) is 0 Å². The third-order valence-electron chi connectivity index (χ3n) is 7.74. The zero-order valence-electron chi connectivity index (χ0n) is 28.8. The zero-order chi connectivity index (χ0) is 40.7. The van der Waals surface area contributed by atoms with Crippen molar-refractivity contribution >= 4 is 35.0 Å². The van der Waals surface area contributed by atoms with E-state index in [9.17, 15) is 49.8 Å². The lowest BCUT2D eigenvalue weighted by Crippen LogP contribution is -2.33. The molecule has 0 saturated carbocycles. The first-order valence-electron chi connectivity index (χ1n) is 16.1. The molecule has 2 aromatic heterocycles. The maximum absolute atomic E-state index is 14.4. The number of pyridine rings is 2. The molecular formula is C39H27F8N5O4. The third-order valence-corrected chi connectivity index (χ3v) is 7.74. The topological polar surface area (TPSA) is 131 Å². The molecule has 56 heavy (non-hydrogen) atoms. The van der Waals surface area contributed by atoms with E-state index in [1.54, 1.807) is 0 Å². The minimum Gasteiger partial charge on any atom is -0.461 e. The average Bonchev–Trinajstić information content (AvgIpc) is 3.14. The Morgan fingerprint density at radius 2 is 1.20 bits per heavy atom. The summed E-state index contributed by atoms with van der Waals surface area (Å²) in [5.74, 6) is -8.17. The summed E-state index contributed by atoms with van der Waals surface area (Å²) in [7, 11) is 0. The van der Waals surface area contributed by atoms with Crippen molar-refractivity contribution in [3.63, 3.8) is 0 Å². The van der Waals surface area contributed by atoms with Crippen LogP contribution in [0.5, 0.6) is 0 Å². The summed E-state index contributed by atoms with van der Waals surface area (Å²) in [5, 5.41) is 11.9. The molecule has 17 heteroatoms. The van der Waals surface area contributed by atoms with Crippen molar-refractivity contribution in [3.05, 3.63) is 155 Å². The van der Waals surface area contributed by atoms with Gasteiger partial charge in [0, 0.05) is 41.3 Å². The summed E-state index contributed by atoms with van der Waals surface area (Å²) in [4.78, 5) is 31.9. The number of rotatable bonds is 9. The lowest BCUT2D eigenvalue weighted by atomic mass is 10.1. The van der Waals surface area contributed by atoms with Crippen LogP contribution in [-0.4, -0.2) is 27.1 Å². The van der Waals surface area contributed by atoms with Gasteiger partial charge in [-0.05, 0) is 66.7 Å². The fourth-order valence-corrected chi connectivity index (χ4v) is 5.20. The number of hydrogen-bond acceptors (Lipinski definition) is 7. The molecule has 288 valence electrons. The first-order valence-corrected chi connectivity index (χ1v) is 16.1. The lowest BCUT2D eigenvalue weighted by molar-refractivity contribution is -0.142. The van der Waals surface area contributed by atoms with E-state index in [1.807, 2.05) is 0 Å². The van der Waals surface area contributed by atoms with Crippen LogP contribution in [0.25, 0.3) is 22.5 Å². The van der Waals surface area contributed by atoms with Crippen molar-refractivity contribution in [2.75, 3.05) is 10.2 Å². The van der Waals surface area contributed by atoms with E-state index < -0.39 is 76.5 Å². The molecule has 0 atom stereocenters. The highest BCUT2D eigenvalue weighted by Gasteiger charge is 2.26. The van der Waals surface area contributed by atoms with Crippen LogP contribution in [0.15, 0.2) is 97.1 Å². The Hall–Kier alpha value is -6.88. The van der Waals surface area contributed by atoms with Gasteiger partial charge < -0.3 is 20.9 Å². The predicted octanol–water partition coefficient (Wildman–Crippen LogP) is 9.13. The van der Waals surface area contributed by atoms with E-state index in [-0.39, 0.29) is 51.9 Å². The number of carbonyl (C=O) groups excluding carboxylic acids is 2. The molecule has 4 N–H and O–H groups in total. The fraction of sp³-hybridized carbons (Fsp3) is 0.0769. The largest absolute Gasteiger partial charge is 0.461 e. The summed E-state index contributed by atoms with van der Waals surface area (Å²) in [6.07, 6.45) is 0. The number of aromatic nitrogens is 2. The molecule has 0 saturated heterocycles. The summed E-state index contributed by atoms with van der Waals surface area (Å²) < 4.78 is 116. The van der Waals surface area contributed by atoms with Gasteiger partial charge in [-0.1, -0.05) is 18.2 Å². The molecule has 0 fully saturated rings. The van der Waals surface area contributed by atoms with Crippen LogP contribution in [0.1, 0.15) is 18.1 Å². The smallest absolute Gasteiger partial charge is 0.325 e. The van der Waals surface area contributed by atoms with Gasteiger partial charge in [0.05, 0.1) is 18.0 Å². The number of nitrogens with zero attached hydrogens (tertiary/aromatic N) is 3. The van der Waals surface area contributed by atoms with E-state index >= 15 is 0 Å². The highest BCUT2D eigenvalue weighted by atomic mass is 19.2. The first kappa shape index (κ1) is 40.3. The number of ether oxygens (including phenoxy) is 1. The molecule has 6 rings (SSSR count). The maximum atomic E-state index is 14.4. The molecule has 0 bridgehead atoms. The molecular weight excluding hydrogens is 754 g/mol. The highest BCUT2D eigenvalue weighted by Crippen LogP contribution is 2.34.